The summed E-state index contributed by atoms with van der Waals surface area (Å²) in [7, 11) is 0. The fourth-order valence-corrected chi connectivity index (χ4v) is 1.93. The van der Waals surface area contributed by atoms with E-state index in [9.17, 15) is 0 Å². The van der Waals surface area contributed by atoms with Crippen LogP contribution < -0.4 is 5.32 Å². The maximum Gasteiger partial charge on any atom is 0.0683 e. The summed E-state index contributed by atoms with van der Waals surface area (Å²) in [5, 5.41) is 13.0. The number of nitriles is 1. The first kappa shape index (κ1) is 14.9. The molecule has 3 heteroatoms. The highest BCUT2D eigenvalue weighted by atomic mass is 35.5. The van der Waals surface area contributed by atoms with E-state index in [1.165, 1.54) is 5.56 Å². The molecule has 0 heterocycles. The lowest BCUT2D eigenvalue weighted by atomic mass is 9.89. The van der Waals surface area contributed by atoms with Crippen LogP contribution in [0.3, 0.4) is 0 Å². The van der Waals surface area contributed by atoms with Gasteiger partial charge in [-0.25, -0.2) is 0 Å². The summed E-state index contributed by atoms with van der Waals surface area (Å²) < 4.78 is 0. The number of nitrogens with zero attached hydrogens (tertiary/aromatic N) is 1. The molecule has 0 aliphatic heterocycles. The minimum atomic E-state index is -0.207. The van der Waals surface area contributed by atoms with Gasteiger partial charge < -0.3 is 5.32 Å². The second-order valence-corrected chi connectivity index (χ2v) is 5.77. The van der Waals surface area contributed by atoms with Gasteiger partial charge in [0.25, 0.3) is 0 Å². The lowest BCUT2D eigenvalue weighted by Gasteiger charge is -2.15. The highest BCUT2D eigenvalue weighted by Crippen LogP contribution is 2.24. The Kier molecular flexibility index (Phi) is 5.50. The smallest absolute Gasteiger partial charge is 0.0683 e. The second-order valence-electron chi connectivity index (χ2n) is 5.36. The van der Waals surface area contributed by atoms with Gasteiger partial charge in [-0.05, 0) is 51.3 Å². The minimum Gasteiger partial charge on any atom is -0.384 e. The van der Waals surface area contributed by atoms with Crippen LogP contribution in [0.5, 0.6) is 0 Å². The quantitative estimate of drug-likeness (QED) is 0.751. The van der Waals surface area contributed by atoms with Gasteiger partial charge in [0, 0.05) is 6.54 Å². The van der Waals surface area contributed by atoms with Gasteiger partial charge >= 0.3 is 0 Å². The summed E-state index contributed by atoms with van der Waals surface area (Å²) in [6, 6.07) is 8.30. The zero-order valence-electron chi connectivity index (χ0n) is 11.4. The van der Waals surface area contributed by atoms with Crippen LogP contribution in [0.2, 0.25) is 5.02 Å². The zero-order valence-corrected chi connectivity index (χ0v) is 12.1. The highest BCUT2D eigenvalue weighted by molar-refractivity contribution is 6.33. The fraction of sp³-hybridized carbons (Fsp3) is 0.533. The topological polar surface area (TPSA) is 35.8 Å². The van der Waals surface area contributed by atoms with Gasteiger partial charge in [0.05, 0.1) is 22.2 Å². The zero-order chi connectivity index (χ0) is 13.6. The molecule has 0 unspecified atom stereocenters. The van der Waals surface area contributed by atoms with Crippen LogP contribution in [0.25, 0.3) is 0 Å². The van der Waals surface area contributed by atoms with Crippen molar-refractivity contribution in [2.45, 2.75) is 40.0 Å². The first-order valence-corrected chi connectivity index (χ1v) is 6.74. The summed E-state index contributed by atoms with van der Waals surface area (Å²) in [6.07, 6.45) is 3.04. The molecule has 1 N–H and O–H groups in total. The molecule has 0 aliphatic carbocycles. The molecule has 0 amide bonds. The monoisotopic (exact) mass is 264 g/mol. The first-order chi connectivity index (χ1) is 8.44. The standard InChI is InChI=1S/C15H21ClN2/c1-12-6-7-13(16)14(10-12)18-9-5-4-8-15(2,3)11-17/h6-7,10,18H,4-5,8-9H2,1-3H3. The predicted octanol–water partition coefficient (Wildman–Crippen LogP) is 4.78. The van der Waals surface area contributed by atoms with Crippen molar-refractivity contribution >= 4 is 17.3 Å². The van der Waals surface area contributed by atoms with Crippen molar-refractivity contribution in [3.8, 4) is 6.07 Å². The SMILES string of the molecule is Cc1ccc(Cl)c(NCCCCC(C)(C)C#N)c1. The lowest BCUT2D eigenvalue weighted by molar-refractivity contribution is 0.430. The normalized spacial score (nSPS) is 11.1. The minimum absolute atomic E-state index is 0.207. The van der Waals surface area contributed by atoms with E-state index in [1.54, 1.807) is 0 Å². The van der Waals surface area contributed by atoms with Crippen LogP contribution in [0.4, 0.5) is 5.69 Å². The van der Waals surface area contributed by atoms with Gasteiger partial charge in [-0.1, -0.05) is 24.1 Å². The summed E-state index contributed by atoms with van der Waals surface area (Å²) in [4.78, 5) is 0. The Morgan fingerprint density at radius 1 is 1.33 bits per heavy atom. The van der Waals surface area contributed by atoms with Crippen LogP contribution in [-0.2, 0) is 0 Å². The number of hydrogen-bond donors (Lipinski definition) is 1. The number of halogens is 1. The van der Waals surface area contributed by atoms with E-state index >= 15 is 0 Å². The summed E-state index contributed by atoms with van der Waals surface area (Å²) in [5.74, 6) is 0. The molecule has 1 aromatic rings. The molecule has 0 bridgehead atoms. The number of anilines is 1. The molecule has 1 aromatic carbocycles. The van der Waals surface area contributed by atoms with Crippen molar-refractivity contribution in [3.05, 3.63) is 28.8 Å². The number of hydrogen-bond acceptors (Lipinski definition) is 2. The summed E-state index contributed by atoms with van der Waals surface area (Å²) in [5.41, 5.74) is 1.99. The molecule has 0 aliphatic rings. The number of nitrogens with one attached hydrogen (secondary N) is 1. The van der Waals surface area contributed by atoms with Crippen molar-refractivity contribution in [1.29, 1.82) is 5.26 Å². The van der Waals surface area contributed by atoms with E-state index in [0.29, 0.717) is 0 Å². The lowest BCUT2D eigenvalue weighted by Crippen LogP contribution is -2.09. The van der Waals surface area contributed by atoms with Gasteiger partial charge in [-0.2, -0.15) is 5.26 Å². The Morgan fingerprint density at radius 3 is 2.72 bits per heavy atom. The van der Waals surface area contributed by atoms with Crippen molar-refractivity contribution in [3.63, 3.8) is 0 Å². The van der Waals surface area contributed by atoms with E-state index in [2.05, 4.69) is 24.4 Å². The van der Waals surface area contributed by atoms with E-state index in [0.717, 1.165) is 36.5 Å². The average Bonchev–Trinajstić information content (AvgIpc) is 2.33. The Balaban J connectivity index is 2.30. The summed E-state index contributed by atoms with van der Waals surface area (Å²) in [6.45, 7) is 6.91. The molecule has 0 saturated carbocycles. The second kappa shape index (κ2) is 6.66. The maximum atomic E-state index is 8.91. The molecule has 0 atom stereocenters. The van der Waals surface area contributed by atoms with Crippen molar-refractivity contribution in [1.82, 2.24) is 0 Å². The third-order valence-corrected chi connectivity index (χ3v) is 3.30. The molecule has 18 heavy (non-hydrogen) atoms. The third-order valence-electron chi connectivity index (χ3n) is 2.97. The largest absolute Gasteiger partial charge is 0.384 e. The average molecular weight is 265 g/mol. The van der Waals surface area contributed by atoms with E-state index in [4.69, 9.17) is 16.9 Å². The maximum absolute atomic E-state index is 8.91. The van der Waals surface area contributed by atoms with Gasteiger partial charge in [0.2, 0.25) is 0 Å². The number of benzene rings is 1. The number of unbranched alkanes of at least 4 members (excludes halogenated alkanes) is 1. The Morgan fingerprint density at radius 2 is 2.06 bits per heavy atom. The molecule has 98 valence electrons. The molecule has 0 saturated heterocycles. The van der Waals surface area contributed by atoms with Crippen LogP contribution in [0.15, 0.2) is 18.2 Å². The molecule has 2 nitrogen and oxygen atoms in total. The van der Waals surface area contributed by atoms with Crippen LogP contribution in [0.1, 0.15) is 38.7 Å². The van der Waals surface area contributed by atoms with Crippen LogP contribution in [-0.4, -0.2) is 6.54 Å². The van der Waals surface area contributed by atoms with E-state index < -0.39 is 0 Å². The van der Waals surface area contributed by atoms with Gasteiger partial charge in [0.1, 0.15) is 0 Å². The van der Waals surface area contributed by atoms with Crippen LogP contribution >= 0.6 is 11.6 Å². The van der Waals surface area contributed by atoms with E-state index in [-0.39, 0.29) is 5.41 Å². The molecule has 1 rings (SSSR count). The molecule has 0 spiro atoms. The summed E-state index contributed by atoms with van der Waals surface area (Å²) >= 11 is 6.10. The molecular formula is C15H21ClN2. The Labute approximate surface area is 115 Å². The molecule has 0 aromatic heterocycles. The van der Waals surface area contributed by atoms with Crippen molar-refractivity contribution in [2.24, 2.45) is 5.41 Å². The fourth-order valence-electron chi connectivity index (χ4n) is 1.75. The molecule has 0 fully saturated rings. The Bertz CT molecular complexity index is 433. The number of aryl methyl sites for hydroxylation is 1. The highest BCUT2D eigenvalue weighted by Gasteiger charge is 2.15. The van der Waals surface area contributed by atoms with E-state index in [1.807, 2.05) is 26.0 Å². The third kappa shape index (κ3) is 4.98. The van der Waals surface area contributed by atoms with Gasteiger partial charge in [0.15, 0.2) is 0 Å². The Hall–Kier alpha value is -1.20. The first-order valence-electron chi connectivity index (χ1n) is 6.36. The van der Waals surface area contributed by atoms with Crippen molar-refractivity contribution in [2.75, 3.05) is 11.9 Å². The van der Waals surface area contributed by atoms with Gasteiger partial charge in [-0.15, -0.1) is 0 Å². The number of rotatable bonds is 6. The molecule has 0 radical (unpaired) electrons. The van der Waals surface area contributed by atoms with Crippen molar-refractivity contribution < 1.29 is 0 Å². The molecular weight excluding hydrogens is 244 g/mol. The van der Waals surface area contributed by atoms with Gasteiger partial charge in [-0.3, -0.25) is 0 Å². The predicted molar refractivity (Wildman–Crippen MR) is 77.9 cm³/mol. The van der Waals surface area contributed by atoms with Crippen LogP contribution in [0, 0.1) is 23.7 Å².